The van der Waals surface area contributed by atoms with E-state index in [1.54, 1.807) is 0 Å². The average molecular weight is 341 g/mol. The van der Waals surface area contributed by atoms with Gasteiger partial charge in [-0.25, -0.2) is 0 Å². The van der Waals surface area contributed by atoms with Gasteiger partial charge < -0.3 is 5.73 Å². The topological polar surface area (TPSA) is 66.9 Å². The third-order valence-corrected chi connectivity index (χ3v) is 3.61. The second-order valence-corrected chi connectivity index (χ2v) is 5.41. The van der Waals surface area contributed by atoms with Crippen LogP contribution in [0.2, 0.25) is 0 Å². The van der Waals surface area contributed by atoms with Crippen LogP contribution in [0.5, 0.6) is 0 Å². The van der Waals surface area contributed by atoms with E-state index >= 15 is 0 Å². The summed E-state index contributed by atoms with van der Waals surface area (Å²) in [7, 11) is 0. The van der Waals surface area contributed by atoms with Crippen LogP contribution in [0.25, 0.3) is 5.57 Å². The van der Waals surface area contributed by atoms with E-state index in [2.05, 4.69) is 15.9 Å². The van der Waals surface area contributed by atoms with Crippen LogP contribution in [-0.2, 0) is 11.2 Å². The van der Waals surface area contributed by atoms with Crippen molar-refractivity contribution < 1.29 is 4.79 Å². The number of halogens is 1. The van der Waals surface area contributed by atoms with Crippen LogP contribution in [0.4, 0.5) is 0 Å². The van der Waals surface area contributed by atoms with Gasteiger partial charge in [0.2, 0.25) is 0 Å². The highest BCUT2D eigenvalue weighted by atomic mass is 79.9. The van der Waals surface area contributed by atoms with Crippen molar-refractivity contribution in [2.75, 3.05) is 0 Å². The number of primary amides is 1. The van der Waals surface area contributed by atoms with Crippen LogP contribution in [0.3, 0.4) is 0 Å². The molecular weight excluding hydrogens is 328 g/mol. The third-order valence-electron chi connectivity index (χ3n) is 3.08. The number of allylic oxidation sites excluding steroid dienone is 1. The smallest absolute Gasteiger partial charge is 0.259 e. The number of carbonyl (C=O) groups is 1. The first-order valence-corrected chi connectivity index (χ1v) is 7.14. The van der Waals surface area contributed by atoms with Crippen molar-refractivity contribution in [3.63, 3.8) is 0 Å². The maximum absolute atomic E-state index is 11.5. The maximum atomic E-state index is 11.5. The van der Waals surface area contributed by atoms with Gasteiger partial charge in [-0.2, -0.15) is 5.26 Å². The number of carbonyl (C=O) groups excluding carboxylic acids is 1. The lowest BCUT2D eigenvalue weighted by molar-refractivity contribution is -0.114. The second kappa shape index (κ2) is 6.87. The van der Waals surface area contributed by atoms with Gasteiger partial charge in [-0.1, -0.05) is 58.4 Å². The molecule has 4 heteroatoms. The number of hydrogen-bond acceptors (Lipinski definition) is 2. The summed E-state index contributed by atoms with van der Waals surface area (Å²) in [5, 5.41) is 9.24. The molecule has 0 aliphatic heterocycles. The predicted molar refractivity (Wildman–Crippen MR) is 86.0 cm³/mol. The normalized spacial score (nSPS) is 11.4. The molecule has 3 nitrogen and oxygen atoms in total. The summed E-state index contributed by atoms with van der Waals surface area (Å²) >= 11 is 3.37. The molecule has 1 amide bonds. The second-order valence-electron chi connectivity index (χ2n) is 4.50. The molecule has 0 bridgehead atoms. The summed E-state index contributed by atoms with van der Waals surface area (Å²) in [5.41, 5.74) is 7.82. The van der Waals surface area contributed by atoms with Crippen molar-refractivity contribution in [3.05, 3.63) is 75.8 Å². The van der Waals surface area contributed by atoms with Crippen LogP contribution in [-0.4, -0.2) is 5.91 Å². The minimum Gasteiger partial charge on any atom is -0.365 e. The van der Waals surface area contributed by atoms with E-state index in [1.807, 2.05) is 60.7 Å². The highest BCUT2D eigenvalue weighted by Crippen LogP contribution is 2.25. The number of nitrogens with two attached hydrogens (primary N) is 1. The van der Waals surface area contributed by atoms with Gasteiger partial charge in [0, 0.05) is 4.47 Å². The van der Waals surface area contributed by atoms with E-state index in [9.17, 15) is 10.1 Å². The highest BCUT2D eigenvalue weighted by Gasteiger charge is 2.14. The summed E-state index contributed by atoms with van der Waals surface area (Å²) in [6, 6.07) is 19.1. The lowest BCUT2D eigenvalue weighted by Gasteiger charge is -2.10. The van der Waals surface area contributed by atoms with Crippen molar-refractivity contribution in [1.82, 2.24) is 0 Å². The van der Waals surface area contributed by atoms with Crippen LogP contribution in [0.1, 0.15) is 11.1 Å². The molecule has 2 aromatic rings. The van der Waals surface area contributed by atoms with E-state index in [0.717, 1.165) is 15.6 Å². The standard InChI is InChI=1S/C17H13BrN2O/c18-14-8-6-13(7-9-14)15(16(11-19)17(20)21)10-12-4-2-1-3-5-12/h1-9H,10H2,(H2,20,21). The van der Waals surface area contributed by atoms with Crippen molar-refractivity contribution in [1.29, 1.82) is 5.26 Å². The van der Waals surface area contributed by atoms with Gasteiger partial charge in [0.1, 0.15) is 11.6 Å². The Balaban J connectivity index is 2.52. The van der Waals surface area contributed by atoms with Gasteiger partial charge in [0.05, 0.1) is 0 Å². The molecule has 0 atom stereocenters. The molecule has 2 aromatic carbocycles. The van der Waals surface area contributed by atoms with Gasteiger partial charge >= 0.3 is 0 Å². The largest absolute Gasteiger partial charge is 0.365 e. The number of nitriles is 1. The zero-order valence-electron chi connectivity index (χ0n) is 11.2. The van der Waals surface area contributed by atoms with Gasteiger partial charge in [-0.15, -0.1) is 0 Å². The first-order valence-electron chi connectivity index (χ1n) is 6.34. The molecule has 0 unspecified atom stereocenters. The van der Waals surface area contributed by atoms with E-state index in [0.29, 0.717) is 12.0 Å². The van der Waals surface area contributed by atoms with Crippen molar-refractivity contribution in [2.24, 2.45) is 5.73 Å². The Kier molecular flexibility index (Phi) is 4.91. The van der Waals surface area contributed by atoms with E-state index in [1.165, 1.54) is 0 Å². The number of benzene rings is 2. The Hall–Kier alpha value is -2.38. The zero-order chi connectivity index (χ0) is 15.2. The summed E-state index contributed by atoms with van der Waals surface area (Å²) in [5.74, 6) is -0.702. The van der Waals surface area contributed by atoms with Crippen LogP contribution in [0.15, 0.2) is 64.6 Å². The first-order chi connectivity index (χ1) is 10.1. The number of rotatable bonds is 4. The summed E-state index contributed by atoms with van der Waals surface area (Å²) in [4.78, 5) is 11.5. The van der Waals surface area contributed by atoms with Gasteiger partial charge in [0.15, 0.2) is 0 Å². The average Bonchev–Trinajstić information content (AvgIpc) is 2.48. The number of hydrogen-bond donors (Lipinski definition) is 1. The Morgan fingerprint density at radius 2 is 1.71 bits per heavy atom. The molecule has 2 rings (SSSR count). The van der Waals surface area contributed by atoms with Crippen molar-refractivity contribution in [2.45, 2.75) is 6.42 Å². The SMILES string of the molecule is N#CC(C(N)=O)=C(Cc1ccccc1)c1ccc(Br)cc1. The van der Waals surface area contributed by atoms with Crippen LogP contribution in [0, 0.1) is 11.3 Å². The van der Waals surface area contributed by atoms with E-state index < -0.39 is 5.91 Å². The molecule has 104 valence electrons. The lowest BCUT2D eigenvalue weighted by Crippen LogP contribution is -2.15. The molecular formula is C17H13BrN2O. The fourth-order valence-electron chi connectivity index (χ4n) is 2.06. The Labute approximate surface area is 131 Å². The fraction of sp³-hybridized carbons (Fsp3) is 0.0588. The molecule has 0 radical (unpaired) electrons. The maximum Gasteiger partial charge on any atom is 0.259 e. The minimum absolute atomic E-state index is 0.00109. The lowest BCUT2D eigenvalue weighted by atomic mass is 9.93. The Morgan fingerprint density at radius 3 is 2.24 bits per heavy atom. The third kappa shape index (κ3) is 3.80. The van der Waals surface area contributed by atoms with Crippen molar-refractivity contribution >= 4 is 27.4 Å². The summed E-state index contributed by atoms with van der Waals surface area (Å²) in [6.45, 7) is 0. The zero-order valence-corrected chi connectivity index (χ0v) is 12.8. The minimum atomic E-state index is -0.702. The van der Waals surface area contributed by atoms with E-state index in [-0.39, 0.29) is 5.57 Å². The molecule has 0 aromatic heterocycles. The van der Waals surface area contributed by atoms with Crippen LogP contribution >= 0.6 is 15.9 Å². The number of nitrogens with zero attached hydrogens (tertiary/aromatic N) is 1. The number of amides is 1. The molecule has 2 N–H and O–H groups in total. The quantitative estimate of drug-likeness (QED) is 0.684. The molecule has 0 saturated carbocycles. The molecule has 0 aliphatic carbocycles. The molecule has 0 aliphatic rings. The Morgan fingerprint density at radius 1 is 1.10 bits per heavy atom. The molecule has 0 spiro atoms. The van der Waals surface area contributed by atoms with Crippen LogP contribution < -0.4 is 5.73 Å². The Bertz CT molecular complexity index is 713. The van der Waals surface area contributed by atoms with Crippen molar-refractivity contribution in [3.8, 4) is 6.07 Å². The van der Waals surface area contributed by atoms with Gasteiger partial charge in [-0.05, 0) is 35.3 Å². The fourth-order valence-corrected chi connectivity index (χ4v) is 2.32. The highest BCUT2D eigenvalue weighted by molar-refractivity contribution is 9.10. The van der Waals surface area contributed by atoms with Gasteiger partial charge in [-0.3, -0.25) is 4.79 Å². The monoisotopic (exact) mass is 340 g/mol. The van der Waals surface area contributed by atoms with Gasteiger partial charge in [0.25, 0.3) is 5.91 Å². The summed E-state index contributed by atoms with van der Waals surface area (Å²) in [6.07, 6.45) is 0.480. The first kappa shape index (κ1) is 15.0. The summed E-state index contributed by atoms with van der Waals surface area (Å²) < 4.78 is 0.933. The molecule has 0 saturated heterocycles. The molecule has 0 heterocycles. The predicted octanol–water partition coefficient (Wildman–Crippen LogP) is 3.45. The van der Waals surface area contributed by atoms with E-state index in [4.69, 9.17) is 5.73 Å². The molecule has 0 fully saturated rings. The molecule has 21 heavy (non-hydrogen) atoms.